The van der Waals surface area contributed by atoms with E-state index in [1.807, 2.05) is 0 Å². The summed E-state index contributed by atoms with van der Waals surface area (Å²) in [6, 6.07) is 4.12. The van der Waals surface area contributed by atoms with Gasteiger partial charge < -0.3 is 10.4 Å². The lowest BCUT2D eigenvalue weighted by Crippen LogP contribution is -2.57. The molecule has 0 aliphatic carbocycles. The lowest BCUT2D eigenvalue weighted by molar-refractivity contribution is -0.385. The van der Waals surface area contributed by atoms with Crippen molar-refractivity contribution in [2.24, 2.45) is 0 Å². The van der Waals surface area contributed by atoms with Crippen molar-refractivity contribution in [3.63, 3.8) is 0 Å². The number of aliphatic hydroxyl groups is 1. The molecule has 0 saturated carbocycles. The quantitative estimate of drug-likeness (QED) is 0.660. The predicted molar refractivity (Wildman–Crippen MR) is 75.9 cm³/mol. The minimum atomic E-state index is -1.20. The summed E-state index contributed by atoms with van der Waals surface area (Å²) < 4.78 is 0. The number of para-hydroxylation sites is 1. The van der Waals surface area contributed by atoms with Gasteiger partial charge >= 0.3 is 5.69 Å². The van der Waals surface area contributed by atoms with Crippen molar-refractivity contribution in [1.82, 2.24) is 5.32 Å². The number of carbonyl (C=O) groups excluding carboxylic acids is 1. The molecule has 110 valence electrons. The Morgan fingerprint density at radius 1 is 1.35 bits per heavy atom. The number of benzene rings is 1. The molecular weight excluding hydrogens is 284 g/mol. The highest BCUT2D eigenvalue weighted by molar-refractivity contribution is 6.33. The Morgan fingerprint density at radius 2 is 1.90 bits per heavy atom. The normalized spacial score (nSPS) is 12.1. The first-order valence-electron chi connectivity index (χ1n) is 5.95. The van der Waals surface area contributed by atoms with Gasteiger partial charge in [0.1, 0.15) is 10.6 Å². The van der Waals surface area contributed by atoms with Crippen LogP contribution in [-0.2, 0) is 0 Å². The van der Waals surface area contributed by atoms with Crippen LogP contribution in [0.15, 0.2) is 18.2 Å². The lowest BCUT2D eigenvalue weighted by Gasteiger charge is -2.37. The van der Waals surface area contributed by atoms with E-state index < -0.39 is 27.7 Å². The average molecular weight is 301 g/mol. The second kappa shape index (κ2) is 5.38. The topological polar surface area (TPSA) is 92.5 Å². The Morgan fingerprint density at radius 3 is 2.35 bits per heavy atom. The molecule has 6 nitrogen and oxygen atoms in total. The number of nitrogens with one attached hydrogen (secondary N) is 1. The molecule has 0 spiro atoms. The molecule has 0 unspecified atom stereocenters. The van der Waals surface area contributed by atoms with Crippen LogP contribution in [0.1, 0.15) is 38.1 Å². The number of nitro benzene ring substituents is 1. The van der Waals surface area contributed by atoms with E-state index in [0.29, 0.717) is 0 Å². The number of hydrogen-bond acceptors (Lipinski definition) is 4. The molecule has 0 aromatic heterocycles. The number of carbonyl (C=O) groups is 1. The highest BCUT2D eigenvalue weighted by atomic mass is 35.5. The standard InChI is InChI=1S/C13H17ClN2O4/c1-12(2,13(3,4)18)15-11(17)8-6-5-7-9(14)10(8)16(19)20/h5-7,18H,1-4H3,(H,15,17). The SMILES string of the molecule is CC(C)(O)C(C)(C)NC(=O)c1cccc(Cl)c1[N+](=O)[O-]. The van der Waals surface area contributed by atoms with Crippen LogP contribution in [0.25, 0.3) is 0 Å². The summed E-state index contributed by atoms with van der Waals surface area (Å²) in [4.78, 5) is 22.5. The van der Waals surface area contributed by atoms with E-state index in [1.165, 1.54) is 18.2 Å². The number of nitrogens with zero attached hydrogens (tertiary/aromatic N) is 1. The maximum absolute atomic E-state index is 12.2. The second-order valence-corrected chi connectivity index (χ2v) is 5.94. The molecule has 0 fully saturated rings. The summed E-state index contributed by atoms with van der Waals surface area (Å²) in [7, 11) is 0. The molecule has 0 atom stereocenters. The molecule has 1 aromatic carbocycles. The fourth-order valence-corrected chi connectivity index (χ4v) is 1.63. The Kier molecular flexibility index (Phi) is 4.41. The second-order valence-electron chi connectivity index (χ2n) is 5.53. The first-order chi connectivity index (χ1) is 8.97. The van der Waals surface area contributed by atoms with Gasteiger partial charge in [-0.3, -0.25) is 14.9 Å². The van der Waals surface area contributed by atoms with Crippen molar-refractivity contribution in [3.8, 4) is 0 Å². The Hall–Kier alpha value is -1.66. The Labute approximate surface area is 121 Å². The van der Waals surface area contributed by atoms with Gasteiger partial charge in [-0.05, 0) is 39.8 Å². The zero-order chi connectivity index (χ0) is 15.7. The van der Waals surface area contributed by atoms with Crippen molar-refractivity contribution >= 4 is 23.2 Å². The first-order valence-corrected chi connectivity index (χ1v) is 6.33. The highest BCUT2D eigenvalue weighted by Gasteiger charge is 2.37. The molecule has 7 heteroatoms. The minimum absolute atomic E-state index is 0.108. The maximum atomic E-state index is 12.2. The molecule has 0 aliphatic rings. The van der Waals surface area contributed by atoms with Crippen LogP contribution in [0.4, 0.5) is 5.69 Å². The molecular formula is C13H17ClN2O4. The number of amides is 1. The van der Waals surface area contributed by atoms with E-state index in [4.69, 9.17) is 11.6 Å². The van der Waals surface area contributed by atoms with Crippen LogP contribution in [-0.4, -0.2) is 27.1 Å². The third kappa shape index (κ3) is 3.26. The molecule has 0 aliphatic heterocycles. The van der Waals surface area contributed by atoms with Crippen molar-refractivity contribution in [2.75, 3.05) is 0 Å². The van der Waals surface area contributed by atoms with Crippen molar-refractivity contribution < 1.29 is 14.8 Å². The van der Waals surface area contributed by atoms with Crippen LogP contribution in [0.3, 0.4) is 0 Å². The lowest BCUT2D eigenvalue weighted by atomic mass is 9.85. The first kappa shape index (κ1) is 16.4. The van der Waals surface area contributed by atoms with E-state index >= 15 is 0 Å². The molecule has 0 heterocycles. The van der Waals surface area contributed by atoms with Gasteiger partial charge in [0.25, 0.3) is 5.91 Å². The highest BCUT2D eigenvalue weighted by Crippen LogP contribution is 2.29. The van der Waals surface area contributed by atoms with Crippen LogP contribution in [0, 0.1) is 10.1 Å². The van der Waals surface area contributed by atoms with Gasteiger partial charge in [-0.2, -0.15) is 0 Å². The summed E-state index contributed by atoms with van der Waals surface area (Å²) in [5, 5.41) is 23.5. The molecule has 1 amide bonds. The van der Waals surface area contributed by atoms with Gasteiger partial charge in [0.2, 0.25) is 0 Å². The van der Waals surface area contributed by atoms with E-state index in [-0.39, 0.29) is 10.6 Å². The molecule has 1 aromatic rings. The van der Waals surface area contributed by atoms with Gasteiger partial charge in [-0.1, -0.05) is 17.7 Å². The average Bonchev–Trinajstić information content (AvgIpc) is 2.25. The third-order valence-corrected chi connectivity index (χ3v) is 3.67. The van der Waals surface area contributed by atoms with Gasteiger partial charge in [0.15, 0.2) is 0 Å². The van der Waals surface area contributed by atoms with Gasteiger partial charge in [-0.25, -0.2) is 0 Å². The van der Waals surface area contributed by atoms with Crippen molar-refractivity contribution in [1.29, 1.82) is 0 Å². The van der Waals surface area contributed by atoms with E-state index in [1.54, 1.807) is 27.7 Å². The fourth-order valence-electron chi connectivity index (χ4n) is 1.39. The molecule has 2 N–H and O–H groups in total. The Bertz CT molecular complexity index is 550. The zero-order valence-electron chi connectivity index (χ0n) is 11.7. The van der Waals surface area contributed by atoms with Gasteiger partial charge in [-0.15, -0.1) is 0 Å². The van der Waals surface area contributed by atoms with E-state index in [2.05, 4.69) is 5.32 Å². The van der Waals surface area contributed by atoms with Crippen LogP contribution in [0.5, 0.6) is 0 Å². The number of nitro groups is 1. The molecule has 20 heavy (non-hydrogen) atoms. The minimum Gasteiger partial charge on any atom is -0.388 e. The largest absolute Gasteiger partial charge is 0.388 e. The van der Waals surface area contributed by atoms with Crippen LogP contribution >= 0.6 is 11.6 Å². The smallest absolute Gasteiger partial charge is 0.300 e. The number of hydrogen-bond donors (Lipinski definition) is 2. The number of rotatable bonds is 4. The monoisotopic (exact) mass is 300 g/mol. The third-order valence-electron chi connectivity index (χ3n) is 3.37. The Balaban J connectivity index is 3.18. The van der Waals surface area contributed by atoms with Crippen LogP contribution < -0.4 is 5.32 Å². The molecule has 0 radical (unpaired) electrons. The van der Waals surface area contributed by atoms with E-state index in [9.17, 15) is 20.0 Å². The van der Waals surface area contributed by atoms with E-state index in [0.717, 1.165) is 0 Å². The maximum Gasteiger partial charge on any atom is 0.300 e. The summed E-state index contributed by atoms with van der Waals surface area (Å²) in [6.07, 6.45) is 0. The fraction of sp³-hybridized carbons (Fsp3) is 0.462. The summed E-state index contributed by atoms with van der Waals surface area (Å²) >= 11 is 5.76. The van der Waals surface area contributed by atoms with Crippen molar-refractivity contribution in [3.05, 3.63) is 38.9 Å². The zero-order valence-corrected chi connectivity index (χ0v) is 12.5. The molecule has 0 bridgehead atoms. The van der Waals surface area contributed by atoms with Crippen molar-refractivity contribution in [2.45, 2.75) is 38.8 Å². The van der Waals surface area contributed by atoms with Gasteiger partial charge in [0.05, 0.1) is 16.1 Å². The molecule has 0 saturated heterocycles. The van der Waals surface area contributed by atoms with Gasteiger partial charge in [0, 0.05) is 0 Å². The summed E-state index contributed by atoms with van der Waals surface area (Å²) in [6.45, 7) is 6.34. The predicted octanol–water partition coefficient (Wildman–Crippen LogP) is 2.53. The summed E-state index contributed by atoms with van der Waals surface area (Å²) in [5.41, 5.74) is -2.76. The number of halogens is 1. The molecule has 1 rings (SSSR count). The summed E-state index contributed by atoms with van der Waals surface area (Å²) in [5.74, 6) is -0.661. The van der Waals surface area contributed by atoms with Crippen LogP contribution in [0.2, 0.25) is 5.02 Å².